The van der Waals surface area contributed by atoms with Crippen molar-refractivity contribution in [3.63, 3.8) is 0 Å². The van der Waals surface area contributed by atoms with Crippen molar-refractivity contribution in [1.82, 2.24) is 15.2 Å². The molecule has 0 aromatic carbocycles. The van der Waals surface area contributed by atoms with Gasteiger partial charge in [0, 0.05) is 12.1 Å². The van der Waals surface area contributed by atoms with Crippen molar-refractivity contribution < 1.29 is 4.79 Å². The van der Waals surface area contributed by atoms with Gasteiger partial charge in [-0.25, -0.2) is 0 Å². The largest absolute Gasteiger partial charge is 0.363 e. The summed E-state index contributed by atoms with van der Waals surface area (Å²) in [5.41, 5.74) is 0.934. The van der Waals surface area contributed by atoms with Crippen molar-refractivity contribution in [3.05, 3.63) is 42.2 Å². The summed E-state index contributed by atoms with van der Waals surface area (Å²) in [6.45, 7) is 0.587. The Kier molecular flexibility index (Phi) is 5.13. The summed E-state index contributed by atoms with van der Waals surface area (Å²) in [6, 6.07) is 9.35. The van der Waals surface area contributed by atoms with Crippen LogP contribution in [-0.4, -0.2) is 21.1 Å². The van der Waals surface area contributed by atoms with Gasteiger partial charge < -0.3 is 10.6 Å². The molecule has 1 saturated carbocycles. The molecule has 6 heteroatoms. The first-order valence-corrected chi connectivity index (χ1v) is 8.09. The van der Waals surface area contributed by atoms with E-state index in [1.165, 1.54) is 6.42 Å². The Morgan fingerprint density at radius 1 is 1.04 bits per heavy atom. The molecule has 1 fully saturated rings. The van der Waals surface area contributed by atoms with E-state index in [9.17, 15) is 4.79 Å². The summed E-state index contributed by atoms with van der Waals surface area (Å²) < 4.78 is 0. The van der Waals surface area contributed by atoms with Crippen LogP contribution in [0.25, 0.3) is 0 Å². The zero-order valence-corrected chi connectivity index (χ0v) is 13.0. The maximum Gasteiger partial charge on any atom is 0.228 e. The van der Waals surface area contributed by atoms with Crippen LogP contribution in [0.2, 0.25) is 0 Å². The molecule has 23 heavy (non-hydrogen) atoms. The second kappa shape index (κ2) is 7.67. The number of anilines is 2. The van der Waals surface area contributed by atoms with Gasteiger partial charge in [-0.05, 0) is 37.1 Å². The maximum atomic E-state index is 12.2. The monoisotopic (exact) mass is 311 g/mol. The van der Waals surface area contributed by atoms with Gasteiger partial charge in [-0.1, -0.05) is 25.3 Å². The van der Waals surface area contributed by atoms with Gasteiger partial charge in [-0.15, -0.1) is 10.2 Å². The summed E-state index contributed by atoms with van der Waals surface area (Å²) in [5, 5.41) is 14.2. The van der Waals surface area contributed by atoms with Gasteiger partial charge in [0.25, 0.3) is 0 Å². The average Bonchev–Trinajstić information content (AvgIpc) is 2.63. The number of amides is 1. The number of aromatic nitrogens is 3. The molecule has 0 atom stereocenters. The number of hydrogen-bond acceptors (Lipinski definition) is 5. The molecule has 2 aromatic rings. The second-order valence-corrected chi connectivity index (χ2v) is 5.80. The first-order chi connectivity index (χ1) is 11.3. The molecule has 1 aliphatic carbocycles. The lowest BCUT2D eigenvalue weighted by Crippen LogP contribution is -2.25. The highest BCUT2D eigenvalue weighted by Crippen LogP contribution is 2.24. The highest BCUT2D eigenvalue weighted by atomic mass is 16.1. The van der Waals surface area contributed by atoms with Gasteiger partial charge in [-0.2, -0.15) is 0 Å². The first kappa shape index (κ1) is 15.4. The van der Waals surface area contributed by atoms with E-state index < -0.39 is 0 Å². The van der Waals surface area contributed by atoms with Gasteiger partial charge in [0.15, 0.2) is 5.82 Å². The van der Waals surface area contributed by atoms with Crippen LogP contribution in [0.3, 0.4) is 0 Å². The molecule has 0 saturated heterocycles. The van der Waals surface area contributed by atoms with Crippen molar-refractivity contribution in [2.75, 3.05) is 10.6 Å². The molecule has 0 bridgehead atoms. The second-order valence-electron chi connectivity index (χ2n) is 5.80. The van der Waals surface area contributed by atoms with Crippen LogP contribution in [0.1, 0.15) is 37.8 Å². The third kappa shape index (κ3) is 4.48. The third-order valence-electron chi connectivity index (χ3n) is 4.07. The van der Waals surface area contributed by atoms with Crippen LogP contribution in [0, 0.1) is 5.92 Å². The number of pyridine rings is 1. The lowest BCUT2D eigenvalue weighted by atomic mass is 9.89. The zero-order chi connectivity index (χ0) is 15.9. The van der Waals surface area contributed by atoms with E-state index in [4.69, 9.17) is 0 Å². The Hall–Kier alpha value is -2.50. The number of carbonyl (C=O) groups excluding carboxylic acids is 1. The normalized spacial score (nSPS) is 15.1. The Labute approximate surface area is 135 Å². The van der Waals surface area contributed by atoms with Crippen LogP contribution in [-0.2, 0) is 11.3 Å². The molecule has 0 spiro atoms. The standard InChI is InChI=1S/C17H21N5O/c23-17(13-6-2-1-3-7-13)20-16-10-9-15(21-22-16)19-12-14-8-4-5-11-18-14/h4-5,8-11,13H,1-3,6-7,12H2,(H,19,21)(H,20,22,23). The Bertz CT molecular complexity index is 623. The number of nitrogens with zero attached hydrogens (tertiary/aromatic N) is 3. The number of rotatable bonds is 5. The molecule has 0 aliphatic heterocycles. The number of nitrogens with one attached hydrogen (secondary N) is 2. The molecule has 2 heterocycles. The van der Waals surface area contributed by atoms with E-state index in [0.29, 0.717) is 18.2 Å². The SMILES string of the molecule is O=C(Nc1ccc(NCc2ccccn2)nn1)C1CCCCC1. The van der Waals surface area contributed by atoms with E-state index in [1.807, 2.05) is 24.3 Å². The summed E-state index contributed by atoms with van der Waals surface area (Å²) in [7, 11) is 0. The lowest BCUT2D eigenvalue weighted by Gasteiger charge is -2.20. The van der Waals surface area contributed by atoms with Crippen molar-refractivity contribution >= 4 is 17.5 Å². The zero-order valence-electron chi connectivity index (χ0n) is 13.0. The topological polar surface area (TPSA) is 79.8 Å². The van der Waals surface area contributed by atoms with E-state index in [0.717, 1.165) is 31.4 Å². The van der Waals surface area contributed by atoms with E-state index in [-0.39, 0.29) is 11.8 Å². The summed E-state index contributed by atoms with van der Waals surface area (Å²) in [4.78, 5) is 16.4. The fourth-order valence-corrected chi connectivity index (χ4v) is 2.77. The van der Waals surface area contributed by atoms with Crippen LogP contribution in [0.15, 0.2) is 36.5 Å². The molecular weight excluding hydrogens is 290 g/mol. The molecule has 0 unspecified atom stereocenters. The highest BCUT2D eigenvalue weighted by Gasteiger charge is 2.21. The Balaban J connectivity index is 1.51. The fraction of sp³-hybridized carbons (Fsp3) is 0.412. The minimum absolute atomic E-state index is 0.0631. The third-order valence-corrected chi connectivity index (χ3v) is 4.07. The lowest BCUT2D eigenvalue weighted by molar-refractivity contribution is -0.120. The van der Waals surface area contributed by atoms with Crippen molar-refractivity contribution in [2.24, 2.45) is 5.92 Å². The van der Waals surface area contributed by atoms with Gasteiger partial charge in [0.05, 0.1) is 12.2 Å². The van der Waals surface area contributed by atoms with Crippen molar-refractivity contribution in [3.8, 4) is 0 Å². The van der Waals surface area contributed by atoms with Gasteiger partial charge in [-0.3, -0.25) is 9.78 Å². The van der Waals surface area contributed by atoms with Crippen LogP contribution in [0.5, 0.6) is 0 Å². The molecule has 6 nitrogen and oxygen atoms in total. The average molecular weight is 311 g/mol. The maximum absolute atomic E-state index is 12.2. The minimum Gasteiger partial charge on any atom is -0.363 e. The van der Waals surface area contributed by atoms with Crippen LogP contribution in [0.4, 0.5) is 11.6 Å². The molecule has 2 aromatic heterocycles. The van der Waals surface area contributed by atoms with Crippen molar-refractivity contribution in [2.45, 2.75) is 38.6 Å². The van der Waals surface area contributed by atoms with Crippen LogP contribution >= 0.6 is 0 Å². The fourth-order valence-electron chi connectivity index (χ4n) is 2.77. The predicted octanol–water partition coefficient (Wildman–Crippen LogP) is 3.00. The van der Waals surface area contributed by atoms with E-state index in [1.54, 1.807) is 12.3 Å². The molecule has 120 valence electrons. The molecule has 1 amide bonds. The van der Waals surface area contributed by atoms with E-state index >= 15 is 0 Å². The Morgan fingerprint density at radius 3 is 2.52 bits per heavy atom. The Morgan fingerprint density at radius 2 is 1.83 bits per heavy atom. The summed E-state index contributed by atoms with van der Waals surface area (Å²) in [6.07, 6.45) is 7.22. The molecule has 3 rings (SSSR count). The number of carbonyl (C=O) groups is 1. The molecule has 0 radical (unpaired) electrons. The summed E-state index contributed by atoms with van der Waals surface area (Å²) >= 11 is 0. The highest BCUT2D eigenvalue weighted by molar-refractivity contribution is 5.91. The van der Waals surface area contributed by atoms with Crippen LogP contribution < -0.4 is 10.6 Å². The number of hydrogen-bond donors (Lipinski definition) is 2. The quantitative estimate of drug-likeness (QED) is 0.887. The minimum atomic E-state index is 0.0631. The predicted molar refractivity (Wildman–Crippen MR) is 88.8 cm³/mol. The summed E-state index contributed by atoms with van der Waals surface area (Å²) in [5.74, 6) is 1.34. The van der Waals surface area contributed by atoms with Gasteiger partial charge >= 0.3 is 0 Å². The first-order valence-electron chi connectivity index (χ1n) is 8.09. The van der Waals surface area contributed by atoms with Gasteiger partial charge in [0.2, 0.25) is 5.91 Å². The molecule has 1 aliphatic rings. The van der Waals surface area contributed by atoms with Crippen molar-refractivity contribution in [1.29, 1.82) is 0 Å². The smallest absolute Gasteiger partial charge is 0.228 e. The molecular formula is C17H21N5O. The van der Waals surface area contributed by atoms with Gasteiger partial charge in [0.1, 0.15) is 5.82 Å². The molecule has 2 N–H and O–H groups in total. The van der Waals surface area contributed by atoms with E-state index in [2.05, 4.69) is 25.8 Å².